The van der Waals surface area contributed by atoms with Crippen molar-refractivity contribution < 1.29 is 0 Å². The summed E-state index contributed by atoms with van der Waals surface area (Å²) < 4.78 is 2.82. The molecule has 5 heteroatoms. The van der Waals surface area contributed by atoms with E-state index in [1.54, 1.807) is 11.0 Å². The molecule has 1 heterocycles. The van der Waals surface area contributed by atoms with E-state index in [4.69, 9.17) is 11.6 Å². The monoisotopic (exact) mass is 347 g/mol. The zero-order chi connectivity index (χ0) is 14.1. The molecule has 0 radical (unpaired) electrons. The summed E-state index contributed by atoms with van der Waals surface area (Å²) in [6, 6.07) is 13.8. The number of halogens is 2. The van der Waals surface area contributed by atoms with E-state index < -0.39 is 0 Å². The summed E-state index contributed by atoms with van der Waals surface area (Å²) in [6.45, 7) is 1.98. The minimum atomic E-state index is 0.722. The number of hydrogen-bond acceptors (Lipinski definition) is 2. The van der Waals surface area contributed by atoms with Gasteiger partial charge < -0.3 is 0 Å². The quantitative estimate of drug-likeness (QED) is 0.674. The van der Waals surface area contributed by atoms with Crippen LogP contribution in [0, 0.1) is 6.92 Å². The van der Waals surface area contributed by atoms with E-state index in [1.807, 2.05) is 49.4 Å². The molecule has 0 aliphatic heterocycles. The lowest BCUT2D eigenvalue weighted by Crippen LogP contribution is -1.99. The van der Waals surface area contributed by atoms with Crippen LogP contribution < -0.4 is 0 Å². The van der Waals surface area contributed by atoms with Crippen molar-refractivity contribution in [3.8, 4) is 17.1 Å². The van der Waals surface area contributed by atoms with Crippen molar-refractivity contribution in [1.82, 2.24) is 14.8 Å². The molecule has 0 spiro atoms. The Bertz CT molecular complexity index is 750. The van der Waals surface area contributed by atoms with Crippen LogP contribution in [-0.2, 0) is 0 Å². The van der Waals surface area contributed by atoms with E-state index in [0.29, 0.717) is 0 Å². The van der Waals surface area contributed by atoms with Crippen molar-refractivity contribution in [3.05, 3.63) is 63.9 Å². The fourth-order valence-corrected chi connectivity index (χ4v) is 2.38. The van der Waals surface area contributed by atoms with Crippen LogP contribution >= 0.6 is 27.5 Å². The maximum Gasteiger partial charge on any atom is 0.163 e. The van der Waals surface area contributed by atoms with Gasteiger partial charge in [0.05, 0.1) is 5.69 Å². The van der Waals surface area contributed by atoms with Crippen molar-refractivity contribution in [1.29, 1.82) is 0 Å². The van der Waals surface area contributed by atoms with E-state index in [-0.39, 0.29) is 0 Å². The number of nitrogens with zero attached hydrogens (tertiary/aromatic N) is 3. The van der Waals surface area contributed by atoms with Crippen LogP contribution in [0.4, 0.5) is 0 Å². The Kier molecular flexibility index (Phi) is 3.59. The molecule has 3 rings (SSSR count). The number of rotatable bonds is 2. The Morgan fingerprint density at radius 3 is 2.55 bits per heavy atom. The van der Waals surface area contributed by atoms with Crippen LogP contribution in [0.5, 0.6) is 0 Å². The van der Waals surface area contributed by atoms with Crippen LogP contribution in [0.15, 0.2) is 53.3 Å². The van der Waals surface area contributed by atoms with Gasteiger partial charge in [0.1, 0.15) is 6.33 Å². The molecule has 0 bridgehead atoms. The van der Waals surface area contributed by atoms with Crippen molar-refractivity contribution in [2.75, 3.05) is 0 Å². The van der Waals surface area contributed by atoms with E-state index in [0.717, 1.165) is 32.1 Å². The first-order valence-electron chi connectivity index (χ1n) is 6.07. The molecule has 20 heavy (non-hydrogen) atoms. The summed E-state index contributed by atoms with van der Waals surface area (Å²) >= 11 is 9.61. The van der Waals surface area contributed by atoms with Gasteiger partial charge in [0, 0.05) is 15.1 Å². The normalized spacial score (nSPS) is 10.8. The standard InChI is InChI=1S/C15H11BrClN3/c1-10-2-7-13(8-14(10)17)20-15(18-9-19-20)11-3-5-12(16)6-4-11/h2-9H,1H3. The van der Waals surface area contributed by atoms with Gasteiger partial charge in [0.2, 0.25) is 0 Å². The minimum Gasteiger partial charge on any atom is -0.215 e. The molecule has 0 aliphatic rings. The van der Waals surface area contributed by atoms with Gasteiger partial charge in [-0.1, -0.05) is 45.7 Å². The average molecular weight is 349 g/mol. The average Bonchev–Trinajstić information content (AvgIpc) is 2.92. The van der Waals surface area contributed by atoms with Crippen LogP contribution in [-0.4, -0.2) is 14.8 Å². The summed E-state index contributed by atoms with van der Waals surface area (Å²) in [5, 5.41) is 5.01. The van der Waals surface area contributed by atoms with Crippen LogP contribution in [0.1, 0.15) is 5.56 Å². The largest absolute Gasteiger partial charge is 0.215 e. The molecule has 2 aromatic carbocycles. The second-order valence-corrected chi connectivity index (χ2v) is 5.76. The van der Waals surface area contributed by atoms with Gasteiger partial charge >= 0.3 is 0 Å². The third-order valence-electron chi connectivity index (χ3n) is 3.05. The number of aryl methyl sites for hydroxylation is 1. The van der Waals surface area contributed by atoms with Gasteiger partial charge in [0.25, 0.3) is 0 Å². The first-order chi connectivity index (χ1) is 9.65. The first kappa shape index (κ1) is 13.3. The SMILES string of the molecule is Cc1ccc(-n2ncnc2-c2ccc(Br)cc2)cc1Cl. The molecule has 0 aliphatic carbocycles. The molecule has 1 aromatic heterocycles. The third-order valence-corrected chi connectivity index (χ3v) is 3.99. The smallest absolute Gasteiger partial charge is 0.163 e. The molecular formula is C15H11BrClN3. The second-order valence-electron chi connectivity index (χ2n) is 4.44. The van der Waals surface area contributed by atoms with Gasteiger partial charge in [-0.3, -0.25) is 0 Å². The van der Waals surface area contributed by atoms with Crippen LogP contribution in [0.3, 0.4) is 0 Å². The molecule has 0 amide bonds. The van der Waals surface area contributed by atoms with E-state index in [9.17, 15) is 0 Å². The van der Waals surface area contributed by atoms with E-state index in [1.165, 1.54) is 0 Å². The lowest BCUT2D eigenvalue weighted by atomic mass is 10.2. The summed E-state index contributed by atoms with van der Waals surface area (Å²) in [5.74, 6) is 0.789. The van der Waals surface area contributed by atoms with Crippen LogP contribution in [0.25, 0.3) is 17.1 Å². The molecule has 0 fully saturated rings. The zero-order valence-corrected chi connectivity index (χ0v) is 13.1. The topological polar surface area (TPSA) is 30.7 Å². The van der Waals surface area contributed by atoms with E-state index >= 15 is 0 Å². The summed E-state index contributed by atoms with van der Waals surface area (Å²) in [5.41, 5.74) is 2.94. The second kappa shape index (κ2) is 5.38. The highest BCUT2D eigenvalue weighted by atomic mass is 79.9. The van der Waals surface area contributed by atoms with Crippen molar-refractivity contribution >= 4 is 27.5 Å². The number of benzene rings is 2. The third kappa shape index (κ3) is 2.49. The molecule has 3 nitrogen and oxygen atoms in total. The zero-order valence-electron chi connectivity index (χ0n) is 10.7. The molecule has 100 valence electrons. The predicted octanol–water partition coefficient (Wildman–Crippen LogP) is 4.66. The molecule has 0 N–H and O–H groups in total. The Balaban J connectivity index is 2.10. The maximum absolute atomic E-state index is 6.18. The molecular weight excluding hydrogens is 338 g/mol. The van der Waals surface area contributed by atoms with Crippen LogP contribution in [0.2, 0.25) is 5.02 Å². The summed E-state index contributed by atoms with van der Waals surface area (Å²) in [7, 11) is 0. The highest BCUT2D eigenvalue weighted by Crippen LogP contribution is 2.24. The summed E-state index contributed by atoms with van der Waals surface area (Å²) in [6.07, 6.45) is 1.55. The Labute approximate surface area is 130 Å². The molecule has 0 unspecified atom stereocenters. The lowest BCUT2D eigenvalue weighted by molar-refractivity contribution is 0.886. The van der Waals surface area contributed by atoms with Crippen molar-refractivity contribution in [2.24, 2.45) is 0 Å². The highest BCUT2D eigenvalue weighted by Gasteiger charge is 2.10. The number of aromatic nitrogens is 3. The number of hydrogen-bond donors (Lipinski definition) is 0. The Morgan fingerprint density at radius 1 is 1.10 bits per heavy atom. The van der Waals surface area contributed by atoms with E-state index in [2.05, 4.69) is 26.0 Å². The van der Waals surface area contributed by atoms with Crippen molar-refractivity contribution in [3.63, 3.8) is 0 Å². The van der Waals surface area contributed by atoms with Gasteiger partial charge in [0.15, 0.2) is 5.82 Å². The molecule has 0 saturated heterocycles. The van der Waals surface area contributed by atoms with Gasteiger partial charge in [-0.25, -0.2) is 9.67 Å². The Hall–Kier alpha value is -1.65. The summed E-state index contributed by atoms with van der Waals surface area (Å²) in [4.78, 5) is 4.34. The van der Waals surface area contributed by atoms with Crippen molar-refractivity contribution in [2.45, 2.75) is 6.92 Å². The lowest BCUT2D eigenvalue weighted by Gasteiger charge is -2.07. The fourth-order valence-electron chi connectivity index (χ4n) is 1.94. The first-order valence-corrected chi connectivity index (χ1v) is 7.25. The van der Waals surface area contributed by atoms with Gasteiger partial charge in [-0.15, -0.1) is 0 Å². The van der Waals surface area contributed by atoms with Gasteiger partial charge in [-0.2, -0.15) is 5.10 Å². The Morgan fingerprint density at radius 2 is 1.85 bits per heavy atom. The molecule has 0 saturated carbocycles. The fraction of sp³-hybridized carbons (Fsp3) is 0.0667. The predicted molar refractivity (Wildman–Crippen MR) is 84.2 cm³/mol. The maximum atomic E-state index is 6.18. The highest BCUT2D eigenvalue weighted by molar-refractivity contribution is 9.10. The van der Waals surface area contributed by atoms with Gasteiger partial charge in [-0.05, 0) is 36.8 Å². The molecule has 3 aromatic rings. The molecule has 0 atom stereocenters. The minimum absolute atomic E-state index is 0.722.